The summed E-state index contributed by atoms with van der Waals surface area (Å²) in [5.74, 6) is -0.978. The van der Waals surface area contributed by atoms with E-state index in [0.717, 1.165) is 30.0 Å². The van der Waals surface area contributed by atoms with Crippen molar-refractivity contribution in [3.8, 4) is 0 Å². The zero-order valence-corrected chi connectivity index (χ0v) is 17.7. The van der Waals surface area contributed by atoms with E-state index in [2.05, 4.69) is 4.72 Å². The summed E-state index contributed by atoms with van der Waals surface area (Å²) in [6, 6.07) is 2.86. The summed E-state index contributed by atoms with van der Waals surface area (Å²) in [6.45, 7) is 0.674. The normalized spacial score (nSPS) is 18.6. The van der Waals surface area contributed by atoms with Crippen LogP contribution in [0.2, 0.25) is 5.02 Å². The molecule has 0 bridgehead atoms. The number of sulfonamides is 1. The molecule has 2 heterocycles. The molecule has 29 heavy (non-hydrogen) atoms. The molecule has 1 aromatic carbocycles. The predicted octanol–water partition coefficient (Wildman–Crippen LogP) is 1.83. The number of hydrogen-bond acceptors (Lipinski definition) is 6. The minimum atomic E-state index is -3.91. The highest BCUT2D eigenvalue weighted by Gasteiger charge is 2.37. The lowest BCUT2D eigenvalue weighted by atomic mass is 10.0. The molecule has 0 saturated carbocycles. The first-order valence-electron chi connectivity index (χ1n) is 8.90. The highest BCUT2D eigenvalue weighted by atomic mass is 35.5. The van der Waals surface area contributed by atoms with Crippen LogP contribution in [0, 0.1) is 5.82 Å². The largest absolute Gasteiger partial charge is 0.343 e. The number of amides is 3. The molecule has 12 heteroatoms. The molecule has 1 N–H and O–H groups in total. The molecule has 0 radical (unpaired) electrons. The standard InChI is InChI=1S/C17H19ClFN3O5S2/c18-13-9-12(1-2-14(13)19)29(26,27)20-6-3-15(23)21-7-4-11(5-8-21)22-16(24)10-28-17(22)25/h1-2,9,11,20H,3-8,10H2. The number of likely N-dealkylation sites (tertiary alicyclic amines) is 1. The fourth-order valence-corrected chi connectivity index (χ4v) is 5.35. The zero-order valence-electron chi connectivity index (χ0n) is 15.3. The zero-order chi connectivity index (χ0) is 21.2. The Bertz CT molecular complexity index is 919. The molecule has 3 amide bonds. The van der Waals surface area contributed by atoms with Gasteiger partial charge in [0.25, 0.3) is 5.24 Å². The quantitative estimate of drug-likeness (QED) is 0.690. The highest BCUT2D eigenvalue weighted by Crippen LogP contribution is 2.27. The van der Waals surface area contributed by atoms with E-state index >= 15 is 0 Å². The number of rotatable bonds is 6. The Morgan fingerprint density at radius 3 is 2.55 bits per heavy atom. The molecular formula is C17H19ClFN3O5S2. The van der Waals surface area contributed by atoms with Crippen LogP contribution in [-0.4, -0.2) is 66.7 Å². The summed E-state index contributed by atoms with van der Waals surface area (Å²) in [4.78, 5) is 38.6. The van der Waals surface area contributed by atoms with E-state index in [-0.39, 0.29) is 51.7 Å². The maximum Gasteiger partial charge on any atom is 0.289 e. The van der Waals surface area contributed by atoms with Gasteiger partial charge in [-0.05, 0) is 31.0 Å². The number of benzene rings is 1. The van der Waals surface area contributed by atoms with E-state index < -0.39 is 15.8 Å². The van der Waals surface area contributed by atoms with E-state index in [0.29, 0.717) is 25.9 Å². The van der Waals surface area contributed by atoms with Crippen LogP contribution in [0.5, 0.6) is 0 Å². The average molecular weight is 464 g/mol. The van der Waals surface area contributed by atoms with Crippen molar-refractivity contribution < 1.29 is 27.2 Å². The topological polar surface area (TPSA) is 104 Å². The summed E-state index contributed by atoms with van der Waals surface area (Å²) in [5, 5.41) is -0.546. The smallest absolute Gasteiger partial charge is 0.289 e. The second-order valence-electron chi connectivity index (χ2n) is 6.65. The molecule has 2 fully saturated rings. The molecule has 0 spiro atoms. The van der Waals surface area contributed by atoms with E-state index in [9.17, 15) is 27.2 Å². The molecule has 158 valence electrons. The van der Waals surface area contributed by atoms with Gasteiger partial charge in [0.1, 0.15) is 5.82 Å². The number of thioether (sulfide) groups is 1. The first-order valence-corrected chi connectivity index (χ1v) is 11.7. The number of halogens is 2. The van der Waals surface area contributed by atoms with Crippen LogP contribution in [0.25, 0.3) is 0 Å². The first kappa shape index (κ1) is 22.0. The second-order valence-corrected chi connectivity index (χ2v) is 9.75. The van der Waals surface area contributed by atoms with E-state index in [1.807, 2.05) is 0 Å². The number of piperidine rings is 1. The van der Waals surface area contributed by atoms with Crippen LogP contribution in [0.3, 0.4) is 0 Å². The van der Waals surface area contributed by atoms with Crippen LogP contribution in [0.4, 0.5) is 9.18 Å². The van der Waals surface area contributed by atoms with Crippen molar-refractivity contribution in [2.24, 2.45) is 0 Å². The number of nitrogens with one attached hydrogen (secondary N) is 1. The Morgan fingerprint density at radius 1 is 1.28 bits per heavy atom. The average Bonchev–Trinajstić information content (AvgIpc) is 3.02. The second kappa shape index (κ2) is 8.99. The molecular weight excluding hydrogens is 445 g/mol. The summed E-state index contributed by atoms with van der Waals surface area (Å²) >= 11 is 6.60. The Morgan fingerprint density at radius 2 is 1.97 bits per heavy atom. The van der Waals surface area contributed by atoms with Crippen molar-refractivity contribution in [1.29, 1.82) is 0 Å². The third-order valence-corrected chi connectivity index (χ3v) is 7.38. The van der Waals surface area contributed by atoms with Crippen molar-refractivity contribution in [3.63, 3.8) is 0 Å². The number of nitrogens with zero attached hydrogens (tertiary/aromatic N) is 2. The Kier molecular flexibility index (Phi) is 6.82. The highest BCUT2D eigenvalue weighted by molar-refractivity contribution is 8.14. The number of imide groups is 1. The lowest BCUT2D eigenvalue weighted by Crippen LogP contribution is -2.48. The van der Waals surface area contributed by atoms with Crippen LogP contribution in [0.15, 0.2) is 23.1 Å². The van der Waals surface area contributed by atoms with Crippen LogP contribution in [-0.2, 0) is 19.6 Å². The van der Waals surface area contributed by atoms with Gasteiger partial charge < -0.3 is 4.90 Å². The molecule has 2 aliphatic rings. The van der Waals surface area contributed by atoms with E-state index in [4.69, 9.17) is 11.6 Å². The molecule has 0 aliphatic carbocycles. The molecule has 1 aromatic rings. The first-order chi connectivity index (χ1) is 13.7. The van der Waals surface area contributed by atoms with E-state index in [1.54, 1.807) is 4.90 Å². The lowest BCUT2D eigenvalue weighted by Gasteiger charge is -2.35. The molecule has 3 rings (SSSR count). The number of carbonyl (C=O) groups is 3. The molecule has 8 nitrogen and oxygen atoms in total. The maximum absolute atomic E-state index is 13.2. The minimum Gasteiger partial charge on any atom is -0.343 e. The van der Waals surface area contributed by atoms with Gasteiger partial charge in [-0.3, -0.25) is 19.3 Å². The van der Waals surface area contributed by atoms with Crippen molar-refractivity contribution in [2.45, 2.75) is 30.2 Å². The predicted molar refractivity (Wildman–Crippen MR) is 106 cm³/mol. The van der Waals surface area contributed by atoms with E-state index in [1.165, 1.54) is 4.90 Å². The van der Waals surface area contributed by atoms with Crippen molar-refractivity contribution in [2.75, 3.05) is 25.4 Å². The summed E-state index contributed by atoms with van der Waals surface area (Å²) in [5.41, 5.74) is 0. The van der Waals surface area contributed by atoms with Crippen molar-refractivity contribution >= 4 is 50.4 Å². The van der Waals surface area contributed by atoms with Gasteiger partial charge >= 0.3 is 0 Å². The molecule has 2 aliphatic heterocycles. The third kappa shape index (κ3) is 5.08. The van der Waals surface area contributed by atoms with Gasteiger partial charge in [-0.25, -0.2) is 17.5 Å². The van der Waals surface area contributed by atoms with Gasteiger partial charge in [0, 0.05) is 32.1 Å². The van der Waals surface area contributed by atoms with Crippen molar-refractivity contribution in [1.82, 2.24) is 14.5 Å². The minimum absolute atomic E-state index is 0.0454. The van der Waals surface area contributed by atoms with Gasteiger partial charge in [-0.15, -0.1) is 0 Å². The SMILES string of the molecule is O=C(CCNS(=O)(=O)c1ccc(F)c(Cl)c1)N1CCC(N2C(=O)CSC2=O)CC1. The van der Waals surface area contributed by atoms with Crippen LogP contribution < -0.4 is 4.72 Å². The van der Waals surface area contributed by atoms with Crippen molar-refractivity contribution in [3.05, 3.63) is 29.0 Å². The van der Waals surface area contributed by atoms with Gasteiger partial charge in [-0.2, -0.15) is 0 Å². The van der Waals surface area contributed by atoms with Crippen LogP contribution >= 0.6 is 23.4 Å². The molecule has 0 unspecified atom stereocenters. The lowest BCUT2D eigenvalue weighted by molar-refractivity contribution is -0.133. The molecule has 0 aromatic heterocycles. The fraction of sp³-hybridized carbons (Fsp3) is 0.471. The number of hydrogen-bond donors (Lipinski definition) is 1. The van der Waals surface area contributed by atoms with Crippen LogP contribution in [0.1, 0.15) is 19.3 Å². The summed E-state index contributed by atoms with van der Waals surface area (Å²) in [7, 11) is -3.91. The molecule has 2 saturated heterocycles. The Labute approximate surface area is 176 Å². The maximum atomic E-state index is 13.2. The monoisotopic (exact) mass is 463 g/mol. The van der Waals surface area contributed by atoms with Gasteiger partial charge in [0.05, 0.1) is 15.7 Å². The van der Waals surface area contributed by atoms with Gasteiger partial charge in [0.15, 0.2) is 0 Å². The Hall–Kier alpha value is -1.69. The number of carbonyl (C=O) groups excluding carboxylic acids is 3. The van der Waals surface area contributed by atoms with Gasteiger partial charge in [0.2, 0.25) is 21.8 Å². The third-order valence-electron chi connectivity index (χ3n) is 4.80. The Balaban J connectivity index is 1.47. The summed E-state index contributed by atoms with van der Waals surface area (Å²) in [6.07, 6.45) is 0.962. The van der Waals surface area contributed by atoms with Gasteiger partial charge in [-0.1, -0.05) is 23.4 Å². The molecule has 0 atom stereocenters. The summed E-state index contributed by atoms with van der Waals surface area (Å²) < 4.78 is 39.9. The fourth-order valence-electron chi connectivity index (χ4n) is 3.27.